The summed E-state index contributed by atoms with van der Waals surface area (Å²) in [5.74, 6) is 1.56. The third kappa shape index (κ3) is 4.37. The van der Waals surface area contributed by atoms with Crippen molar-refractivity contribution < 1.29 is 4.74 Å². The molecule has 2 aromatic rings. The summed E-state index contributed by atoms with van der Waals surface area (Å²) in [5.41, 5.74) is 3.62. The molecule has 2 rings (SSSR count). The van der Waals surface area contributed by atoms with Gasteiger partial charge in [-0.3, -0.25) is 5.43 Å². The van der Waals surface area contributed by atoms with E-state index in [-0.39, 0.29) is 0 Å². The van der Waals surface area contributed by atoms with E-state index in [9.17, 15) is 0 Å². The van der Waals surface area contributed by atoms with Crippen LogP contribution in [0.3, 0.4) is 0 Å². The zero-order valence-corrected chi connectivity index (χ0v) is 11.9. The lowest BCUT2D eigenvalue weighted by molar-refractivity contribution is 0.482. The van der Waals surface area contributed by atoms with E-state index in [1.54, 1.807) is 13.3 Å². The SMILES string of the molecule is CNC(=S)NN=Cc1cccc(Oc2ccccc2)c1. The molecule has 0 saturated heterocycles. The highest BCUT2D eigenvalue weighted by atomic mass is 32.1. The molecule has 0 fully saturated rings. The number of rotatable bonds is 4. The molecule has 2 aromatic carbocycles. The minimum absolute atomic E-state index is 0.470. The van der Waals surface area contributed by atoms with Crippen molar-refractivity contribution in [2.75, 3.05) is 7.05 Å². The summed E-state index contributed by atoms with van der Waals surface area (Å²) >= 11 is 4.92. The predicted octanol–water partition coefficient (Wildman–Crippen LogP) is 2.91. The van der Waals surface area contributed by atoms with Crippen LogP contribution in [0.2, 0.25) is 0 Å². The largest absolute Gasteiger partial charge is 0.457 e. The lowest BCUT2D eigenvalue weighted by Crippen LogP contribution is -2.28. The number of hydrogen-bond acceptors (Lipinski definition) is 3. The Kier molecular flexibility index (Phi) is 5.08. The van der Waals surface area contributed by atoms with Gasteiger partial charge in [-0.05, 0) is 42.0 Å². The minimum Gasteiger partial charge on any atom is -0.457 e. The van der Waals surface area contributed by atoms with E-state index in [1.165, 1.54) is 0 Å². The van der Waals surface area contributed by atoms with Crippen molar-refractivity contribution in [2.24, 2.45) is 5.10 Å². The van der Waals surface area contributed by atoms with Crippen LogP contribution in [0.25, 0.3) is 0 Å². The van der Waals surface area contributed by atoms with Gasteiger partial charge in [-0.2, -0.15) is 5.10 Å². The molecule has 0 aliphatic rings. The Hall–Kier alpha value is -2.40. The molecule has 0 aromatic heterocycles. The molecular formula is C15H15N3OS. The molecule has 0 aliphatic carbocycles. The van der Waals surface area contributed by atoms with Gasteiger partial charge in [0.2, 0.25) is 0 Å². The summed E-state index contributed by atoms with van der Waals surface area (Å²) in [4.78, 5) is 0. The second kappa shape index (κ2) is 7.25. The Morgan fingerprint density at radius 2 is 1.85 bits per heavy atom. The van der Waals surface area contributed by atoms with Crippen molar-refractivity contribution in [2.45, 2.75) is 0 Å². The summed E-state index contributed by atoms with van der Waals surface area (Å²) in [6.07, 6.45) is 1.68. The second-order valence-electron chi connectivity index (χ2n) is 3.94. The number of ether oxygens (including phenoxy) is 1. The highest BCUT2D eigenvalue weighted by Gasteiger charge is 1.97. The number of nitrogens with zero attached hydrogens (tertiary/aromatic N) is 1. The molecule has 0 aliphatic heterocycles. The number of hydrazone groups is 1. The Balaban J connectivity index is 2.03. The maximum absolute atomic E-state index is 5.75. The average Bonchev–Trinajstić information content (AvgIpc) is 2.48. The molecule has 0 amide bonds. The van der Waals surface area contributed by atoms with Crippen molar-refractivity contribution in [1.29, 1.82) is 0 Å². The summed E-state index contributed by atoms with van der Waals surface area (Å²) in [7, 11) is 1.74. The molecule has 0 saturated carbocycles. The second-order valence-corrected chi connectivity index (χ2v) is 4.34. The van der Waals surface area contributed by atoms with Gasteiger partial charge in [0.05, 0.1) is 6.21 Å². The monoisotopic (exact) mass is 285 g/mol. The zero-order valence-electron chi connectivity index (χ0n) is 11.0. The van der Waals surface area contributed by atoms with Crippen LogP contribution in [0.4, 0.5) is 0 Å². The van der Waals surface area contributed by atoms with Crippen LogP contribution in [0.5, 0.6) is 11.5 Å². The first-order valence-corrected chi connectivity index (χ1v) is 6.52. The number of hydrogen-bond donors (Lipinski definition) is 2. The molecule has 0 bridgehead atoms. The van der Waals surface area contributed by atoms with E-state index in [1.807, 2.05) is 54.6 Å². The van der Waals surface area contributed by atoms with Gasteiger partial charge in [-0.25, -0.2) is 0 Å². The third-order valence-electron chi connectivity index (χ3n) is 2.44. The lowest BCUT2D eigenvalue weighted by atomic mass is 10.2. The van der Waals surface area contributed by atoms with Crippen molar-refractivity contribution in [3.8, 4) is 11.5 Å². The zero-order chi connectivity index (χ0) is 14.2. The van der Waals surface area contributed by atoms with Crippen molar-refractivity contribution >= 4 is 23.5 Å². The Bertz CT molecular complexity index is 599. The topological polar surface area (TPSA) is 45.7 Å². The number of para-hydroxylation sites is 1. The molecule has 5 heteroatoms. The van der Waals surface area contributed by atoms with Crippen LogP contribution in [-0.4, -0.2) is 18.4 Å². The molecule has 0 radical (unpaired) electrons. The van der Waals surface area contributed by atoms with Crippen LogP contribution >= 0.6 is 12.2 Å². The number of thiocarbonyl (C=S) groups is 1. The van der Waals surface area contributed by atoms with Crippen LogP contribution in [0.1, 0.15) is 5.56 Å². The van der Waals surface area contributed by atoms with Gasteiger partial charge in [0.25, 0.3) is 0 Å². The van der Waals surface area contributed by atoms with Crippen LogP contribution in [0.15, 0.2) is 59.7 Å². The smallest absolute Gasteiger partial charge is 0.186 e. The lowest BCUT2D eigenvalue weighted by Gasteiger charge is -2.05. The van der Waals surface area contributed by atoms with Crippen LogP contribution in [0, 0.1) is 0 Å². The molecule has 2 N–H and O–H groups in total. The quantitative estimate of drug-likeness (QED) is 0.515. The van der Waals surface area contributed by atoms with Crippen molar-refractivity contribution in [3.63, 3.8) is 0 Å². The molecule has 0 atom stereocenters. The normalized spacial score (nSPS) is 10.2. The van der Waals surface area contributed by atoms with Crippen LogP contribution < -0.4 is 15.5 Å². The van der Waals surface area contributed by atoms with Gasteiger partial charge < -0.3 is 10.1 Å². The van der Waals surface area contributed by atoms with Gasteiger partial charge in [0, 0.05) is 7.05 Å². The highest BCUT2D eigenvalue weighted by molar-refractivity contribution is 7.80. The fraction of sp³-hybridized carbons (Fsp3) is 0.0667. The summed E-state index contributed by atoms with van der Waals surface area (Å²) in [6.45, 7) is 0. The Labute approximate surface area is 123 Å². The maximum atomic E-state index is 5.75. The Morgan fingerprint density at radius 1 is 1.10 bits per heavy atom. The van der Waals surface area contributed by atoms with Crippen LogP contribution in [-0.2, 0) is 0 Å². The predicted molar refractivity (Wildman–Crippen MR) is 85.3 cm³/mol. The summed E-state index contributed by atoms with van der Waals surface area (Å²) in [5, 5.41) is 7.27. The molecule has 4 nitrogen and oxygen atoms in total. The minimum atomic E-state index is 0.470. The first-order valence-electron chi connectivity index (χ1n) is 6.11. The molecule has 0 spiro atoms. The first kappa shape index (κ1) is 14.0. The van der Waals surface area contributed by atoms with Gasteiger partial charge in [0.15, 0.2) is 5.11 Å². The fourth-order valence-electron chi connectivity index (χ4n) is 1.50. The number of nitrogens with one attached hydrogen (secondary N) is 2. The van der Waals surface area contributed by atoms with E-state index in [0.717, 1.165) is 17.1 Å². The van der Waals surface area contributed by atoms with Gasteiger partial charge in [-0.15, -0.1) is 0 Å². The molecular weight excluding hydrogens is 270 g/mol. The van der Waals surface area contributed by atoms with Gasteiger partial charge in [0.1, 0.15) is 11.5 Å². The Morgan fingerprint density at radius 3 is 2.60 bits per heavy atom. The highest BCUT2D eigenvalue weighted by Crippen LogP contribution is 2.21. The summed E-state index contributed by atoms with van der Waals surface area (Å²) < 4.78 is 5.75. The summed E-state index contributed by atoms with van der Waals surface area (Å²) in [6, 6.07) is 17.3. The fourth-order valence-corrected chi connectivity index (χ4v) is 1.56. The third-order valence-corrected chi connectivity index (χ3v) is 2.74. The average molecular weight is 285 g/mol. The first-order chi connectivity index (χ1) is 9.78. The van der Waals surface area contributed by atoms with E-state index >= 15 is 0 Å². The standard InChI is InChI=1S/C15H15N3OS/c1-16-15(20)18-17-11-12-6-5-9-14(10-12)19-13-7-3-2-4-8-13/h2-11H,1H3,(H2,16,18,20). The van der Waals surface area contributed by atoms with Crippen molar-refractivity contribution in [3.05, 3.63) is 60.2 Å². The van der Waals surface area contributed by atoms with E-state index < -0.39 is 0 Å². The van der Waals surface area contributed by atoms with Gasteiger partial charge >= 0.3 is 0 Å². The molecule has 0 heterocycles. The molecule has 0 unspecified atom stereocenters. The van der Waals surface area contributed by atoms with E-state index in [2.05, 4.69) is 15.8 Å². The van der Waals surface area contributed by atoms with Gasteiger partial charge in [-0.1, -0.05) is 30.3 Å². The van der Waals surface area contributed by atoms with E-state index in [4.69, 9.17) is 17.0 Å². The van der Waals surface area contributed by atoms with Crippen molar-refractivity contribution in [1.82, 2.24) is 10.7 Å². The van der Waals surface area contributed by atoms with E-state index in [0.29, 0.717) is 5.11 Å². The molecule has 20 heavy (non-hydrogen) atoms. The molecule has 102 valence electrons. The maximum Gasteiger partial charge on any atom is 0.186 e. The number of benzene rings is 2.